The largest absolute Gasteiger partial charge is 1.00 e. The van der Waals surface area contributed by atoms with E-state index in [2.05, 4.69) is 40.5 Å². The molecule has 0 aromatic heterocycles. The zero-order valence-corrected chi connectivity index (χ0v) is 34.5. The van der Waals surface area contributed by atoms with Crippen LogP contribution in [0.5, 0.6) is 11.5 Å². The second kappa shape index (κ2) is 21.9. The van der Waals surface area contributed by atoms with Crippen LogP contribution in [0, 0.1) is 0 Å². The molecule has 0 atom stereocenters. The summed E-state index contributed by atoms with van der Waals surface area (Å²) in [5.74, 6) is -1.19. The predicted molar refractivity (Wildman–Crippen MR) is 142 cm³/mol. The number of carbonyl (C=O) groups excluding carboxylic acids is 1. The molecular weight excluding hydrogens is 684 g/mol. The van der Waals surface area contributed by atoms with Crippen molar-refractivity contribution in [2.45, 2.75) is 9.79 Å². The summed E-state index contributed by atoms with van der Waals surface area (Å²) >= 11 is 0.684. The Bertz CT molecular complexity index is 1790. The Morgan fingerprint density at radius 2 is 1.13 bits per heavy atom. The Morgan fingerprint density at radius 1 is 0.674 bits per heavy atom. The van der Waals surface area contributed by atoms with E-state index >= 15 is 0 Å². The summed E-state index contributed by atoms with van der Waals surface area (Å²) < 4.78 is 37.7. The van der Waals surface area contributed by atoms with E-state index in [4.69, 9.17) is 0 Å². The molecule has 0 aliphatic carbocycles. The fourth-order valence-corrected chi connectivity index (χ4v) is 4.13. The molecule has 216 valence electrons. The molecule has 0 spiro atoms. The second-order valence-electron chi connectivity index (χ2n) is 8.01. The fraction of sp³-hybridized carbons (Fsp3) is 0. The van der Waals surface area contributed by atoms with Gasteiger partial charge < -0.3 is 30.7 Å². The van der Waals surface area contributed by atoms with Crippen LogP contribution in [-0.4, -0.2) is 19.0 Å². The van der Waals surface area contributed by atoms with Crippen molar-refractivity contribution in [1.29, 1.82) is 0 Å². The molecule has 0 radical (unpaired) electrons. The number of nitrogens with zero attached hydrogens (tertiary/aromatic N) is 4. The van der Waals surface area contributed by atoms with Gasteiger partial charge in [-0.05, 0) is 72.8 Å². The first-order valence-corrected chi connectivity index (χ1v) is 13.6. The molecule has 46 heavy (non-hydrogen) atoms. The minimum atomic E-state index is -4.67. The molecule has 2 amide bonds. The Hall–Kier alpha value is -0.910. The average molecular weight is 701 g/mol. The summed E-state index contributed by atoms with van der Waals surface area (Å²) in [6.07, 6.45) is 0. The van der Waals surface area contributed by atoms with Crippen LogP contribution < -0.4 is 144 Å². The summed E-state index contributed by atoms with van der Waals surface area (Å²) in [4.78, 5) is 12.4. The van der Waals surface area contributed by atoms with Crippen LogP contribution in [0.1, 0.15) is 0 Å². The van der Waals surface area contributed by atoms with Gasteiger partial charge in [-0.3, -0.25) is 5.04 Å². The van der Waals surface area contributed by atoms with E-state index in [1.54, 1.807) is 24.3 Å². The van der Waals surface area contributed by atoms with E-state index in [0.717, 1.165) is 24.3 Å². The van der Waals surface area contributed by atoms with Gasteiger partial charge in [0.25, 0.3) is 0 Å². The van der Waals surface area contributed by atoms with Crippen LogP contribution in [0.25, 0.3) is 0 Å². The number of urea groups is 1. The van der Waals surface area contributed by atoms with Gasteiger partial charge in [-0.15, -0.1) is 0 Å². The number of nitrogens with one attached hydrogen (secondary N) is 2. The van der Waals surface area contributed by atoms with Gasteiger partial charge in [-0.1, -0.05) is 23.6 Å². The number of anilines is 2. The van der Waals surface area contributed by atoms with Crippen LogP contribution >= 0.6 is 12.0 Å². The SMILES string of the molecule is O=C(Nc1ccc(N=Nc2cccc(SOO[O-])c2)cc1[O-])Nc1ccc(N=Nc2cccc(S(=O)(=O)[O-])c2)cc1[O-].[Na+].[Na+].[Na+].[Na+]. The molecule has 4 aromatic carbocycles. The zero-order valence-electron chi connectivity index (χ0n) is 24.9. The van der Waals surface area contributed by atoms with E-state index in [0.29, 0.717) is 22.6 Å². The molecule has 0 aliphatic heterocycles. The maximum atomic E-state index is 12.4. The summed E-state index contributed by atoms with van der Waals surface area (Å²) in [5.41, 5.74) is 0.594. The standard InChI is InChI=1S/C25H20N6O9S2.4Na/c32-23-13-17(30-28-15-3-1-5-19(11-15)41-40-39-35)7-9-21(23)26-25(34)27-22-10-8-18(14-24(22)33)31-29-16-4-2-6-20(12-16)42(36,37)38;;;;/h1-14,32-33,35H,(H2,26,27,34)(H,36,37,38);;;;/q;4*+1/p-4. The van der Waals surface area contributed by atoms with Gasteiger partial charge in [0.2, 0.25) is 0 Å². The average Bonchev–Trinajstić information content (AvgIpc) is 2.96. The molecule has 4 rings (SSSR count). The molecular formula is C25H16N6Na4O9S2. The van der Waals surface area contributed by atoms with Gasteiger partial charge in [0.05, 0.1) is 39.7 Å². The Kier molecular flexibility index (Phi) is 21.5. The first-order valence-electron chi connectivity index (χ1n) is 11.4. The number of hydrogen-bond donors (Lipinski definition) is 2. The molecule has 0 unspecified atom stereocenters. The Morgan fingerprint density at radius 3 is 1.59 bits per heavy atom. The second-order valence-corrected chi connectivity index (χ2v) is 10.2. The number of benzene rings is 4. The van der Waals surface area contributed by atoms with Crippen molar-refractivity contribution < 1.29 is 161 Å². The van der Waals surface area contributed by atoms with Crippen molar-refractivity contribution in [3.63, 3.8) is 0 Å². The summed E-state index contributed by atoms with van der Waals surface area (Å²) in [6.45, 7) is 0. The zero-order chi connectivity index (χ0) is 30.1. The van der Waals surface area contributed by atoms with Gasteiger partial charge in [0, 0.05) is 16.3 Å². The van der Waals surface area contributed by atoms with Crippen LogP contribution in [0.15, 0.2) is 115 Å². The molecule has 21 heteroatoms. The van der Waals surface area contributed by atoms with Gasteiger partial charge >= 0.3 is 124 Å². The van der Waals surface area contributed by atoms with Crippen molar-refractivity contribution in [3.8, 4) is 11.5 Å². The van der Waals surface area contributed by atoms with Crippen molar-refractivity contribution in [2.24, 2.45) is 20.5 Å². The number of hydrogen-bond acceptors (Lipinski definition) is 14. The predicted octanol–water partition coefficient (Wildman–Crippen LogP) is -7.54. The van der Waals surface area contributed by atoms with E-state index in [1.165, 1.54) is 36.4 Å². The van der Waals surface area contributed by atoms with Gasteiger partial charge in [-0.25, -0.2) is 13.2 Å². The first-order chi connectivity index (χ1) is 20.1. The van der Waals surface area contributed by atoms with Crippen LogP contribution in [0.3, 0.4) is 0 Å². The molecule has 4 aromatic rings. The smallest absolute Gasteiger partial charge is 0.871 e. The minimum absolute atomic E-state index is 0. The Balaban J connectivity index is 0.00000506. The fourth-order valence-electron chi connectivity index (χ4n) is 3.21. The van der Waals surface area contributed by atoms with Crippen LogP contribution in [0.4, 0.5) is 38.9 Å². The maximum absolute atomic E-state index is 12.4. The molecule has 0 fully saturated rings. The summed E-state index contributed by atoms with van der Waals surface area (Å²) in [5, 5.41) is 58.4. The number of carbonyl (C=O) groups is 1. The molecule has 2 N–H and O–H groups in total. The number of azo groups is 2. The van der Waals surface area contributed by atoms with Gasteiger partial charge in [-0.2, -0.15) is 24.8 Å². The third-order valence-electron chi connectivity index (χ3n) is 5.07. The molecule has 15 nitrogen and oxygen atoms in total. The van der Waals surface area contributed by atoms with E-state index in [-0.39, 0.29) is 147 Å². The third-order valence-corrected chi connectivity index (χ3v) is 6.47. The molecule has 0 heterocycles. The van der Waals surface area contributed by atoms with E-state index in [1.807, 2.05) is 0 Å². The van der Waals surface area contributed by atoms with Gasteiger partial charge in [0.1, 0.15) is 10.1 Å². The van der Waals surface area contributed by atoms with Crippen molar-refractivity contribution in [2.75, 3.05) is 10.6 Å². The third kappa shape index (κ3) is 14.3. The quantitative estimate of drug-likeness (QED) is 0.0396. The Labute approximate surface area is 355 Å². The van der Waals surface area contributed by atoms with Crippen molar-refractivity contribution in [3.05, 3.63) is 84.9 Å². The minimum Gasteiger partial charge on any atom is -0.871 e. The summed E-state index contributed by atoms with van der Waals surface area (Å²) in [6, 6.07) is 18.1. The first kappa shape index (κ1) is 45.1. The van der Waals surface area contributed by atoms with Gasteiger partial charge in [0.15, 0.2) is 0 Å². The normalized spacial score (nSPS) is 10.7. The number of amides is 2. The topological polar surface area (TPSA) is 235 Å². The monoisotopic (exact) mass is 700 g/mol. The maximum Gasteiger partial charge on any atom is 1.00 e. The van der Waals surface area contributed by atoms with Crippen LogP contribution in [0.2, 0.25) is 0 Å². The van der Waals surface area contributed by atoms with Crippen molar-refractivity contribution in [1.82, 2.24) is 0 Å². The van der Waals surface area contributed by atoms with E-state index in [9.17, 15) is 33.2 Å². The summed E-state index contributed by atoms with van der Waals surface area (Å²) in [7, 11) is -4.67. The molecule has 0 aliphatic rings. The molecule has 0 bridgehead atoms. The number of rotatable bonds is 10. The molecule has 0 saturated carbocycles. The van der Waals surface area contributed by atoms with E-state index < -0.39 is 32.5 Å². The van der Waals surface area contributed by atoms with Crippen molar-refractivity contribution >= 4 is 62.3 Å². The van der Waals surface area contributed by atoms with Crippen LogP contribution in [-0.2, 0) is 19.5 Å². The molecule has 0 saturated heterocycles.